The minimum Gasteiger partial charge on any atom is -0.337 e. The molecular weight excluding hydrogens is 266 g/mol. The highest BCUT2D eigenvalue weighted by Gasteiger charge is 2.35. The third-order valence-electron chi connectivity index (χ3n) is 4.30. The Kier molecular flexibility index (Phi) is 4.97. The van der Waals surface area contributed by atoms with Gasteiger partial charge in [0.15, 0.2) is 0 Å². The van der Waals surface area contributed by atoms with Crippen molar-refractivity contribution in [3.05, 3.63) is 18.5 Å². The Hall–Kier alpha value is -1.87. The Balaban J connectivity index is 1.80. The molecule has 0 aliphatic heterocycles. The normalized spacial score (nSPS) is 19.7. The lowest BCUT2D eigenvalue weighted by Crippen LogP contribution is -2.49. The van der Waals surface area contributed by atoms with E-state index in [0.717, 1.165) is 25.7 Å². The molecule has 1 aromatic rings. The predicted octanol–water partition coefficient (Wildman–Crippen LogP) is 1.37. The van der Waals surface area contributed by atoms with E-state index in [-0.39, 0.29) is 24.5 Å². The van der Waals surface area contributed by atoms with Gasteiger partial charge in [-0.2, -0.15) is 10.4 Å². The van der Waals surface area contributed by atoms with E-state index < -0.39 is 5.54 Å². The highest BCUT2D eigenvalue weighted by molar-refractivity contribution is 5.79. The predicted molar refractivity (Wildman–Crippen MR) is 79.4 cm³/mol. The summed E-state index contributed by atoms with van der Waals surface area (Å²) in [7, 11) is 0. The van der Waals surface area contributed by atoms with E-state index in [1.165, 1.54) is 0 Å². The lowest BCUT2D eigenvalue weighted by Gasteiger charge is -2.24. The highest BCUT2D eigenvalue weighted by atomic mass is 16.2. The third kappa shape index (κ3) is 3.82. The molecule has 1 saturated carbocycles. The Labute approximate surface area is 125 Å². The molecule has 6 heteroatoms. The van der Waals surface area contributed by atoms with Crippen molar-refractivity contribution in [2.75, 3.05) is 6.54 Å². The highest BCUT2D eigenvalue weighted by Crippen LogP contribution is 2.28. The number of aromatic nitrogens is 2. The maximum atomic E-state index is 12.0. The van der Waals surface area contributed by atoms with E-state index >= 15 is 0 Å². The van der Waals surface area contributed by atoms with Crippen molar-refractivity contribution in [3.8, 4) is 6.07 Å². The summed E-state index contributed by atoms with van der Waals surface area (Å²) in [5, 5.41) is 19.6. The molecule has 1 aliphatic rings. The number of amides is 1. The lowest BCUT2D eigenvalue weighted by atomic mass is 10.00. The third-order valence-corrected chi connectivity index (χ3v) is 4.30. The second kappa shape index (κ2) is 6.72. The van der Waals surface area contributed by atoms with Crippen molar-refractivity contribution in [2.24, 2.45) is 0 Å². The molecule has 1 fully saturated rings. The second-order valence-corrected chi connectivity index (χ2v) is 5.85. The van der Waals surface area contributed by atoms with Gasteiger partial charge < -0.3 is 10.6 Å². The molecule has 2 atom stereocenters. The summed E-state index contributed by atoms with van der Waals surface area (Å²) in [4.78, 5) is 12.0. The minimum absolute atomic E-state index is 0.109. The molecule has 2 N–H and O–H groups in total. The van der Waals surface area contributed by atoms with E-state index in [4.69, 9.17) is 0 Å². The molecule has 1 amide bonds. The average Bonchev–Trinajstić information content (AvgIpc) is 3.15. The zero-order valence-electron chi connectivity index (χ0n) is 12.7. The van der Waals surface area contributed by atoms with Crippen molar-refractivity contribution >= 4 is 5.91 Å². The quantitative estimate of drug-likeness (QED) is 0.828. The second-order valence-electron chi connectivity index (χ2n) is 5.85. The van der Waals surface area contributed by atoms with Crippen LogP contribution in [0, 0.1) is 11.3 Å². The first-order chi connectivity index (χ1) is 10.1. The fourth-order valence-corrected chi connectivity index (χ4v) is 2.73. The van der Waals surface area contributed by atoms with Gasteiger partial charge in [0.25, 0.3) is 0 Å². The number of carbonyl (C=O) groups excluding carboxylic acids is 1. The van der Waals surface area contributed by atoms with E-state index in [0.29, 0.717) is 0 Å². The molecule has 0 saturated heterocycles. The van der Waals surface area contributed by atoms with Gasteiger partial charge in [0.05, 0.1) is 18.7 Å². The lowest BCUT2D eigenvalue weighted by molar-refractivity contribution is -0.121. The molecule has 6 nitrogen and oxygen atoms in total. The van der Waals surface area contributed by atoms with Crippen molar-refractivity contribution < 1.29 is 4.79 Å². The maximum absolute atomic E-state index is 12.0. The van der Waals surface area contributed by atoms with E-state index in [2.05, 4.69) is 28.7 Å². The smallest absolute Gasteiger partial charge is 0.235 e. The van der Waals surface area contributed by atoms with Gasteiger partial charge in [-0.25, -0.2) is 0 Å². The van der Waals surface area contributed by atoms with Crippen LogP contribution in [-0.2, 0) is 4.79 Å². The van der Waals surface area contributed by atoms with E-state index in [9.17, 15) is 10.1 Å². The van der Waals surface area contributed by atoms with Gasteiger partial charge in [0, 0.05) is 18.4 Å². The van der Waals surface area contributed by atoms with Gasteiger partial charge in [-0.3, -0.25) is 9.48 Å². The largest absolute Gasteiger partial charge is 0.337 e. The summed E-state index contributed by atoms with van der Waals surface area (Å²) >= 11 is 0. The van der Waals surface area contributed by atoms with Crippen LogP contribution in [0.2, 0.25) is 0 Å². The van der Waals surface area contributed by atoms with Gasteiger partial charge >= 0.3 is 0 Å². The van der Waals surface area contributed by atoms with Crippen molar-refractivity contribution in [1.29, 1.82) is 5.26 Å². The zero-order valence-corrected chi connectivity index (χ0v) is 12.7. The fourth-order valence-electron chi connectivity index (χ4n) is 2.73. The summed E-state index contributed by atoms with van der Waals surface area (Å²) in [6.45, 7) is 4.29. The maximum Gasteiger partial charge on any atom is 0.235 e. The summed E-state index contributed by atoms with van der Waals surface area (Å²) in [5.74, 6) is -0.113. The van der Waals surface area contributed by atoms with Crippen LogP contribution in [0.25, 0.3) is 0 Å². The fraction of sp³-hybridized carbons (Fsp3) is 0.667. The van der Waals surface area contributed by atoms with Crippen molar-refractivity contribution in [1.82, 2.24) is 20.4 Å². The molecule has 1 aromatic heterocycles. The Morgan fingerprint density at radius 3 is 2.76 bits per heavy atom. The molecule has 114 valence electrons. The van der Waals surface area contributed by atoms with E-state index in [1.54, 1.807) is 6.20 Å². The Morgan fingerprint density at radius 2 is 2.19 bits per heavy atom. The molecular formula is C15H23N5O. The van der Waals surface area contributed by atoms with Crippen LogP contribution in [0.5, 0.6) is 0 Å². The number of hydrogen-bond acceptors (Lipinski definition) is 4. The van der Waals surface area contributed by atoms with Crippen LogP contribution in [0.4, 0.5) is 0 Å². The molecule has 0 unspecified atom stereocenters. The molecule has 0 spiro atoms. The van der Waals surface area contributed by atoms with Gasteiger partial charge in [-0.05, 0) is 45.6 Å². The number of nitrogens with one attached hydrogen (secondary N) is 2. The monoisotopic (exact) mass is 289 g/mol. The first kappa shape index (κ1) is 15.5. The first-order valence-corrected chi connectivity index (χ1v) is 7.51. The first-order valence-electron chi connectivity index (χ1n) is 7.51. The molecule has 0 radical (unpaired) electrons. The number of nitrogens with zero attached hydrogens (tertiary/aromatic N) is 3. The number of rotatable bonds is 6. The molecule has 2 rings (SSSR count). The van der Waals surface area contributed by atoms with Crippen molar-refractivity contribution in [2.45, 2.75) is 57.2 Å². The van der Waals surface area contributed by atoms with Crippen LogP contribution in [0.1, 0.15) is 45.6 Å². The van der Waals surface area contributed by atoms with Crippen LogP contribution in [0.15, 0.2) is 18.5 Å². The topological polar surface area (TPSA) is 82.7 Å². The van der Waals surface area contributed by atoms with Crippen LogP contribution >= 0.6 is 0 Å². The van der Waals surface area contributed by atoms with Crippen LogP contribution < -0.4 is 10.6 Å². The average molecular weight is 289 g/mol. The molecule has 1 heterocycles. The molecule has 0 aromatic carbocycles. The summed E-state index contributed by atoms with van der Waals surface area (Å²) in [6, 6.07) is 4.41. The van der Waals surface area contributed by atoms with E-state index in [1.807, 2.05) is 23.9 Å². The SMILES string of the molecule is C[C@H](NCC(=O)NC1(C#N)CCCC1)[C@@H](C)n1cccn1. The molecule has 1 aliphatic carbocycles. The number of hydrogen-bond donors (Lipinski definition) is 2. The minimum atomic E-state index is -0.643. The van der Waals surface area contributed by atoms with Gasteiger partial charge in [0.2, 0.25) is 5.91 Å². The van der Waals surface area contributed by atoms with Gasteiger partial charge in [-0.1, -0.05) is 0 Å². The number of carbonyl (C=O) groups is 1. The Bertz CT molecular complexity index is 499. The standard InChI is InChI=1S/C15H23N5O/c1-12(13(2)20-9-5-8-18-20)17-10-14(21)19-15(11-16)6-3-4-7-15/h5,8-9,12-13,17H,3-4,6-7,10H2,1-2H3,(H,19,21)/t12-,13+/m0/s1. The van der Waals surface area contributed by atoms with Crippen molar-refractivity contribution in [3.63, 3.8) is 0 Å². The van der Waals surface area contributed by atoms with Crippen LogP contribution in [-0.4, -0.2) is 33.8 Å². The molecule has 0 bridgehead atoms. The number of nitriles is 1. The van der Waals surface area contributed by atoms with Crippen LogP contribution in [0.3, 0.4) is 0 Å². The Morgan fingerprint density at radius 1 is 1.48 bits per heavy atom. The summed E-state index contributed by atoms with van der Waals surface area (Å²) in [6.07, 6.45) is 7.18. The van der Waals surface area contributed by atoms with Gasteiger partial charge in [0.1, 0.15) is 5.54 Å². The van der Waals surface area contributed by atoms with Gasteiger partial charge in [-0.15, -0.1) is 0 Å². The summed E-state index contributed by atoms with van der Waals surface area (Å²) < 4.78 is 1.86. The molecule has 21 heavy (non-hydrogen) atoms. The summed E-state index contributed by atoms with van der Waals surface area (Å²) in [5.41, 5.74) is -0.643. The zero-order chi connectivity index (χ0) is 15.3.